The number of nitrogens with two attached hydrogens (primary N) is 1. The summed E-state index contributed by atoms with van der Waals surface area (Å²) in [5.41, 5.74) is 6.44. The lowest BCUT2D eigenvalue weighted by Crippen LogP contribution is -2.11. The van der Waals surface area contributed by atoms with E-state index in [-0.39, 0.29) is 0 Å². The molecule has 0 fully saturated rings. The molecule has 1 rings (SSSR count). The van der Waals surface area contributed by atoms with Gasteiger partial charge in [-0.3, -0.25) is 0 Å². The first-order valence-electron chi connectivity index (χ1n) is 4.93. The van der Waals surface area contributed by atoms with Crippen molar-refractivity contribution < 1.29 is 9.47 Å². The number of hydrogen-bond acceptors (Lipinski definition) is 3. The molecule has 0 saturated heterocycles. The third-order valence-electron chi connectivity index (χ3n) is 1.79. The van der Waals surface area contributed by atoms with Crippen molar-refractivity contribution in [2.75, 3.05) is 26.4 Å². The first-order valence-corrected chi connectivity index (χ1v) is 5.72. The molecular formula is C11H16BrNO2. The Hall–Kier alpha value is -0.420. The summed E-state index contributed by atoms with van der Waals surface area (Å²) < 4.78 is 11.7. The molecule has 0 bridgehead atoms. The fraction of sp³-hybridized carbons (Fsp3) is 0.455. The van der Waals surface area contributed by atoms with E-state index in [0.717, 1.165) is 10.0 Å². The van der Waals surface area contributed by atoms with Crippen molar-refractivity contribution in [3.8, 4) is 0 Å². The highest BCUT2D eigenvalue weighted by Crippen LogP contribution is 2.12. The Bertz CT molecular complexity index is 281. The minimum Gasteiger partial charge on any atom is -0.378 e. The molecule has 0 radical (unpaired) electrons. The molecule has 0 spiro atoms. The average molecular weight is 274 g/mol. The van der Waals surface area contributed by atoms with Crippen molar-refractivity contribution in [1.82, 2.24) is 0 Å². The summed E-state index contributed by atoms with van der Waals surface area (Å²) >= 11 is 3.41. The Kier molecular flexibility index (Phi) is 6.59. The maximum absolute atomic E-state index is 5.43. The quantitative estimate of drug-likeness (QED) is 0.773. The van der Waals surface area contributed by atoms with Crippen molar-refractivity contribution in [3.05, 3.63) is 34.3 Å². The zero-order valence-corrected chi connectivity index (χ0v) is 10.2. The topological polar surface area (TPSA) is 44.5 Å². The molecule has 0 atom stereocenters. The summed E-state index contributed by atoms with van der Waals surface area (Å²) in [5.74, 6) is 0. The molecule has 0 saturated carbocycles. The van der Waals surface area contributed by atoms with E-state index in [2.05, 4.69) is 15.9 Å². The van der Waals surface area contributed by atoms with Crippen LogP contribution in [0.3, 0.4) is 0 Å². The maximum atomic E-state index is 5.43. The predicted octanol–water partition coefficient (Wildman–Crippen LogP) is 1.94. The van der Waals surface area contributed by atoms with Crippen molar-refractivity contribution in [2.45, 2.75) is 6.61 Å². The van der Waals surface area contributed by atoms with Crippen LogP contribution in [0, 0.1) is 0 Å². The van der Waals surface area contributed by atoms with E-state index < -0.39 is 0 Å². The van der Waals surface area contributed by atoms with Crippen LogP contribution in [-0.4, -0.2) is 26.4 Å². The number of halogens is 1. The van der Waals surface area contributed by atoms with Crippen LogP contribution < -0.4 is 5.73 Å². The van der Waals surface area contributed by atoms with E-state index in [0.29, 0.717) is 33.0 Å². The van der Waals surface area contributed by atoms with Crippen LogP contribution in [-0.2, 0) is 16.1 Å². The largest absolute Gasteiger partial charge is 0.378 e. The fourth-order valence-corrected chi connectivity index (χ4v) is 1.57. The van der Waals surface area contributed by atoms with E-state index in [1.165, 1.54) is 0 Å². The Morgan fingerprint density at radius 2 is 1.93 bits per heavy atom. The standard InChI is InChI=1S/C11H16BrNO2/c12-11-3-1-2-10(8-11)9-15-7-6-14-5-4-13/h1-3,8H,4-7,9,13H2. The third-order valence-corrected chi connectivity index (χ3v) is 2.29. The number of ether oxygens (including phenoxy) is 2. The zero-order valence-electron chi connectivity index (χ0n) is 8.62. The lowest BCUT2D eigenvalue weighted by Gasteiger charge is -2.05. The van der Waals surface area contributed by atoms with Gasteiger partial charge in [0.1, 0.15) is 0 Å². The third kappa shape index (κ3) is 5.89. The molecule has 1 aromatic carbocycles. The summed E-state index contributed by atoms with van der Waals surface area (Å²) in [6.45, 7) is 2.98. The van der Waals surface area contributed by atoms with E-state index >= 15 is 0 Å². The van der Waals surface area contributed by atoms with Crippen LogP contribution in [0.2, 0.25) is 0 Å². The van der Waals surface area contributed by atoms with Gasteiger partial charge in [-0.2, -0.15) is 0 Å². The summed E-state index contributed by atoms with van der Waals surface area (Å²) in [5, 5.41) is 0. The van der Waals surface area contributed by atoms with Gasteiger partial charge in [0.05, 0.1) is 26.4 Å². The highest BCUT2D eigenvalue weighted by molar-refractivity contribution is 9.10. The van der Waals surface area contributed by atoms with Crippen LogP contribution in [0.5, 0.6) is 0 Å². The Morgan fingerprint density at radius 3 is 2.67 bits per heavy atom. The number of benzene rings is 1. The predicted molar refractivity (Wildman–Crippen MR) is 63.7 cm³/mol. The van der Waals surface area contributed by atoms with Gasteiger partial charge in [0.2, 0.25) is 0 Å². The molecule has 0 amide bonds. The maximum Gasteiger partial charge on any atom is 0.0718 e. The summed E-state index contributed by atoms with van der Waals surface area (Å²) in [6.07, 6.45) is 0. The molecule has 0 aliphatic carbocycles. The second kappa shape index (κ2) is 7.82. The smallest absolute Gasteiger partial charge is 0.0718 e. The van der Waals surface area contributed by atoms with Gasteiger partial charge in [-0.15, -0.1) is 0 Å². The van der Waals surface area contributed by atoms with Crippen molar-refractivity contribution in [1.29, 1.82) is 0 Å². The lowest BCUT2D eigenvalue weighted by molar-refractivity contribution is 0.0433. The second-order valence-corrected chi connectivity index (χ2v) is 4.00. The van der Waals surface area contributed by atoms with Gasteiger partial charge in [0.25, 0.3) is 0 Å². The van der Waals surface area contributed by atoms with Gasteiger partial charge in [-0.05, 0) is 17.7 Å². The first kappa shape index (κ1) is 12.6. The first-order chi connectivity index (χ1) is 7.33. The van der Waals surface area contributed by atoms with E-state index in [1.807, 2.05) is 24.3 Å². The van der Waals surface area contributed by atoms with Crippen LogP contribution in [0.1, 0.15) is 5.56 Å². The van der Waals surface area contributed by atoms with Crippen LogP contribution >= 0.6 is 15.9 Å². The van der Waals surface area contributed by atoms with Crippen LogP contribution in [0.15, 0.2) is 28.7 Å². The second-order valence-electron chi connectivity index (χ2n) is 3.08. The van der Waals surface area contributed by atoms with Crippen LogP contribution in [0.4, 0.5) is 0 Å². The van der Waals surface area contributed by atoms with Gasteiger partial charge >= 0.3 is 0 Å². The summed E-state index contributed by atoms with van der Waals surface area (Å²) in [6, 6.07) is 8.06. The van der Waals surface area contributed by atoms with Gasteiger partial charge in [-0.25, -0.2) is 0 Å². The Labute approximate surface area is 98.7 Å². The monoisotopic (exact) mass is 273 g/mol. The highest BCUT2D eigenvalue weighted by Gasteiger charge is 1.94. The molecule has 4 heteroatoms. The molecule has 0 heterocycles. The Morgan fingerprint density at radius 1 is 1.13 bits per heavy atom. The molecule has 0 unspecified atom stereocenters. The number of hydrogen-bond donors (Lipinski definition) is 1. The summed E-state index contributed by atoms with van der Waals surface area (Å²) in [4.78, 5) is 0. The van der Waals surface area contributed by atoms with Crippen molar-refractivity contribution in [2.24, 2.45) is 5.73 Å². The summed E-state index contributed by atoms with van der Waals surface area (Å²) in [7, 11) is 0. The number of rotatable bonds is 7. The molecule has 2 N–H and O–H groups in total. The van der Waals surface area contributed by atoms with E-state index in [4.69, 9.17) is 15.2 Å². The van der Waals surface area contributed by atoms with Gasteiger partial charge in [0, 0.05) is 11.0 Å². The van der Waals surface area contributed by atoms with Gasteiger partial charge in [0.15, 0.2) is 0 Å². The average Bonchev–Trinajstić information content (AvgIpc) is 2.23. The van der Waals surface area contributed by atoms with Gasteiger partial charge in [-0.1, -0.05) is 28.1 Å². The Balaban J connectivity index is 2.10. The highest BCUT2D eigenvalue weighted by atomic mass is 79.9. The molecule has 0 aliphatic rings. The van der Waals surface area contributed by atoms with E-state index in [9.17, 15) is 0 Å². The molecule has 0 aliphatic heterocycles. The lowest BCUT2D eigenvalue weighted by atomic mass is 10.2. The minimum absolute atomic E-state index is 0.561. The molecule has 3 nitrogen and oxygen atoms in total. The van der Waals surface area contributed by atoms with Crippen molar-refractivity contribution in [3.63, 3.8) is 0 Å². The molecule has 15 heavy (non-hydrogen) atoms. The minimum atomic E-state index is 0.561. The van der Waals surface area contributed by atoms with Crippen LogP contribution in [0.25, 0.3) is 0 Å². The van der Waals surface area contributed by atoms with E-state index in [1.54, 1.807) is 0 Å². The molecule has 1 aromatic rings. The normalized spacial score (nSPS) is 10.5. The molecular weight excluding hydrogens is 258 g/mol. The zero-order chi connectivity index (χ0) is 10.9. The molecule has 84 valence electrons. The fourth-order valence-electron chi connectivity index (χ4n) is 1.12. The molecule has 0 aromatic heterocycles. The van der Waals surface area contributed by atoms with Crippen molar-refractivity contribution >= 4 is 15.9 Å². The van der Waals surface area contributed by atoms with Gasteiger partial charge < -0.3 is 15.2 Å². The SMILES string of the molecule is NCCOCCOCc1cccc(Br)c1.